The molecule has 0 bridgehead atoms. The Kier molecular flexibility index (Phi) is 5.43. The molecule has 2 N–H and O–H groups in total. The molecule has 0 saturated heterocycles. The summed E-state index contributed by atoms with van der Waals surface area (Å²) in [5.41, 5.74) is 7.26. The Morgan fingerprint density at radius 2 is 1.90 bits per heavy atom. The van der Waals surface area contributed by atoms with Crippen molar-refractivity contribution in [3.8, 4) is 5.75 Å². The highest BCUT2D eigenvalue weighted by Gasteiger charge is 2.05. The highest BCUT2D eigenvalue weighted by atomic mass is 19.1. The lowest BCUT2D eigenvalue weighted by Crippen LogP contribution is -2.25. The van der Waals surface area contributed by atoms with E-state index in [1.54, 1.807) is 12.1 Å². The van der Waals surface area contributed by atoms with Crippen LogP contribution >= 0.6 is 0 Å². The van der Waals surface area contributed by atoms with Crippen LogP contribution in [0, 0.1) is 5.82 Å². The summed E-state index contributed by atoms with van der Waals surface area (Å²) >= 11 is 0. The fourth-order valence-electron chi connectivity index (χ4n) is 2.15. The second-order valence-electron chi connectivity index (χ2n) is 4.83. The number of nitrogens with zero attached hydrogens (tertiary/aromatic N) is 1. The van der Waals surface area contributed by atoms with Gasteiger partial charge in [0.15, 0.2) is 0 Å². The van der Waals surface area contributed by atoms with Crippen LogP contribution in [0.1, 0.15) is 13.3 Å². The molecule has 0 saturated carbocycles. The zero-order valence-electron chi connectivity index (χ0n) is 12.3. The Morgan fingerprint density at radius 1 is 1.14 bits per heavy atom. The number of benzene rings is 2. The van der Waals surface area contributed by atoms with Crippen LogP contribution in [0.3, 0.4) is 0 Å². The number of nitrogen functional groups attached to an aromatic ring is 1. The van der Waals surface area contributed by atoms with Crippen molar-refractivity contribution in [1.29, 1.82) is 0 Å². The van der Waals surface area contributed by atoms with Crippen molar-refractivity contribution in [1.82, 2.24) is 0 Å². The third-order valence-corrected chi connectivity index (χ3v) is 3.28. The third kappa shape index (κ3) is 4.67. The van der Waals surface area contributed by atoms with E-state index in [1.165, 1.54) is 6.07 Å². The average Bonchev–Trinajstić information content (AvgIpc) is 2.49. The SMILES string of the molecule is CCN(CCCOc1ccc(N)cc1)c1cccc(F)c1. The van der Waals surface area contributed by atoms with Gasteiger partial charge in [-0.25, -0.2) is 4.39 Å². The van der Waals surface area contributed by atoms with Gasteiger partial charge in [-0.3, -0.25) is 0 Å². The molecule has 0 fully saturated rings. The van der Waals surface area contributed by atoms with Gasteiger partial charge in [0.05, 0.1) is 6.61 Å². The number of halogens is 1. The largest absolute Gasteiger partial charge is 0.494 e. The Labute approximate surface area is 125 Å². The predicted octanol–water partition coefficient (Wildman–Crippen LogP) is 3.70. The lowest BCUT2D eigenvalue weighted by molar-refractivity contribution is 0.312. The van der Waals surface area contributed by atoms with Crippen LogP contribution in [0.4, 0.5) is 15.8 Å². The highest BCUT2D eigenvalue weighted by Crippen LogP contribution is 2.16. The summed E-state index contributed by atoms with van der Waals surface area (Å²) in [6, 6.07) is 14.0. The third-order valence-electron chi connectivity index (χ3n) is 3.28. The summed E-state index contributed by atoms with van der Waals surface area (Å²) in [7, 11) is 0. The van der Waals surface area contributed by atoms with E-state index in [4.69, 9.17) is 10.5 Å². The van der Waals surface area contributed by atoms with Crippen molar-refractivity contribution < 1.29 is 9.13 Å². The van der Waals surface area contributed by atoms with Crippen LogP contribution in [0.15, 0.2) is 48.5 Å². The average molecular weight is 288 g/mol. The van der Waals surface area contributed by atoms with E-state index in [2.05, 4.69) is 11.8 Å². The van der Waals surface area contributed by atoms with Gasteiger partial charge in [0.25, 0.3) is 0 Å². The number of hydrogen-bond acceptors (Lipinski definition) is 3. The molecule has 2 aromatic rings. The monoisotopic (exact) mass is 288 g/mol. The maximum absolute atomic E-state index is 13.2. The van der Waals surface area contributed by atoms with Crippen molar-refractivity contribution in [3.63, 3.8) is 0 Å². The molecular weight excluding hydrogens is 267 g/mol. The number of ether oxygens (including phenoxy) is 1. The molecule has 0 heterocycles. The summed E-state index contributed by atoms with van der Waals surface area (Å²) in [4.78, 5) is 2.13. The van der Waals surface area contributed by atoms with Crippen LogP contribution in [-0.4, -0.2) is 19.7 Å². The molecule has 4 heteroatoms. The first-order chi connectivity index (χ1) is 10.2. The van der Waals surface area contributed by atoms with Gasteiger partial charge >= 0.3 is 0 Å². The zero-order chi connectivity index (χ0) is 15.1. The zero-order valence-corrected chi connectivity index (χ0v) is 12.3. The fraction of sp³-hybridized carbons (Fsp3) is 0.294. The first-order valence-corrected chi connectivity index (χ1v) is 7.18. The Hall–Kier alpha value is -2.23. The number of hydrogen-bond donors (Lipinski definition) is 1. The van der Waals surface area contributed by atoms with Gasteiger partial charge in [-0.1, -0.05) is 6.07 Å². The molecule has 0 spiro atoms. The van der Waals surface area contributed by atoms with Gasteiger partial charge in [0.2, 0.25) is 0 Å². The van der Waals surface area contributed by atoms with Gasteiger partial charge in [0, 0.05) is 24.5 Å². The first kappa shape index (κ1) is 15.2. The molecule has 0 aliphatic heterocycles. The van der Waals surface area contributed by atoms with E-state index >= 15 is 0 Å². The van der Waals surface area contributed by atoms with Crippen LogP contribution < -0.4 is 15.4 Å². The van der Waals surface area contributed by atoms with E-state index in [9.17, 15) is 4.39 Å². The summed E-state index contributed by atoms with van der Waals surface area (Å²) in [5.74, 6) is 0.613. The molecular formula is C17H21FN2O. The van der Waals surface area contributed by atoms with Gasteiger partial charge in [-0.2, -0.15) is 0 Å². The lowest BCUT2D eigenvalue weighted by Gasteiger charge is -2.23. The Bertz CT molecular complexity index is 557. The highest BCUT2D eigenvalue weighted by molar-refractivity contribution is 5.46. The molecule has 2 rings (SSSR count). The lowest BCUT2D eigenvalue weighted by atomic mass is 10.2. The molecule has 0 aliphatic rings. The summed E-state index contributed by atoms with van der Waals surface area (Å²) in [6.45, 7) is 4.35. The van der Waals surface area contributed by atoms with E-state index in [0.29, 0.717) is 6.61 Å². The molecule has 112 valence electrons. The smallest absolute Gasteiger partial charge is 0.125 e. The quantitative estimate of drug-likeness (QED) is 0.623. The second-order valence-corrected chi connectivity index (χ2v) is 4.83. The molecule has 0 unspecified atom stereocenters. The fourth-order valence-corrected chi connectivity index (χ4v) is 2.15. The number of rotatable bonds is 7. The Balaban J connectivity index is 1.80. The van der Waals surface area contributed by atoms with E-state index < -0.39 is 0 Å². The molecule has 3 nitrogen and oxygen atoms in total. The topological polar surface area (TPSA) is 38.5 Å². The molecule has 0 amide bonds. The molecule has 0 aromatic heterocycles. The molecule has 2 aromatic carbocycles. The van der Waals surface area contributed by atoms with Crippen LogP contribution in [0.2, 0.25) is 0 Å². The summed E-state index contributed by atoms with van der Waals surface area (Å²) in [6.07, 6.45) is 0.870. The van der Waals surface area contributed by atoms with Crippen molar-refractivity contribution in [3.05, 3.63) is 54.3 Å². The van der Waals surface area contributed by atoms with Crippen molar-refractivity contribution in [2.45, 2.75) is 13.3 Å². The number of anilines is 2. The van der Waals surface area contributed by atoms with Crippen molar-refractivity contribution >= 4 is 11.4 Å². The van der Waals surface area contributed by atoms with Gasteiger partial charge in [-0.15, -0.1) is 0 Å². The second kappa shape index (κ2) is 7.53. The van der Waals surface area contributed by atoms with Crippen molar-refractivity contribution in [2.75, 3.05) is 30.3 Å². The van der Waals surface area contributed by atoms with E-state index in [0.717, 1.165) is 36.6 Å². The molecule has 0 atom stereocenters. The molecule has 0 radical (unpaired) electrons. The minimum absolute atomic E-state index is 0.205. The minimum Gasteiger partial charge on any atom is -0.494 e. The first-order valence-electron chi connectivity index (χ1n) is 7.18. The van der Waals surface area contributed by atoms with Crippen LogP contribution in [0.5, 0.6) is 5.75 Å². The Morgan fingerprint density at radius 3 is 2.57 bits per heavy atom. The maximum Gasteiger partial charge on any atom is 0.125 e. The van der Waals surface area contributed by atoms with Gasteiger partial charge in [-0.05, 0) is 55.8 Å². The maximum atomic E-state index is 13.2. The minimum atomic E-state index is -0.205. The standard InChI is InChI=1S/C17H21FN2O/c1-2-20(16-6-3-5-14(18)13-16)11-4-12-21-17-9-7-15(19)8-10-17/h3,5-10,13H,2,4,11-12,19H2,1H3. The van der Waals surface area contributed by atoms with Crippen LogP contribution in [-0.2, 0) is 0 Å². The number of nitrogens with two attached hydrogens (primary N) is 1. The normalized spacial score (nSPS) is 10.4. The van der Waals surface area contributed by atoms with Gasteiger partial charge < -0.3 is 15.4 Å². The summed E-state index contributed by atoms with van der Waals surface area (Å²) in [5, 5.41) is 0. The summed E-state index contributed by atoms with van der Waals surface area (Å²) < 4.78 is 18.9. The van der Waals surface area contributed by atoms with Gasteiger partial charge in [0.1, 0.15) is 11.6 Å². The molecule has 21 heavy (non-hydrogen) atoms. The van der Waals surface area contributed by atoms with E-state index in [1.807, 2.05) is 30.3 Å². The molecule has 0 aliphatic carbocycles. The van der Waals surface area contributed by atoms with Crippen molar-refractivity contribution in [2.24, 2.45) is 0 Å². The van der Waals surface area contributed by atoms with Crippen LogP contribution in [0.25, 0.3) is 0 Å². The van der Waals surface area contributed by atoms with E-state index in [-0.39, 0.29) is 5.82 Å². The predicted molar refractivity (Wildman–Crippen MR) is 85.3 cm³/mol.